The third-order valence-electron chi connectivity index (χ3n) is 2.49. The summed E-state index contributed by atoms with van der Waals surface area (Å²) in [6.45, 7) is 1.93. The lowest BCUT2D eigenvalue weighted by atomic mass is 10.1. The fourth-order valence-corrected chi connectivity index (χ4v) is 1.70. The molecule has 3 nitrogen and oxygen atoms in total. The Balaban J connectivity index is 2.45. The summed E-state index contributed by atoms with van der Waals surface area (Å²) in [6, 6.07) is 9.45. The molecule has 1 aromatic carbocycles. The van der Waals surface area contributed by atoms with Crippen molar-refractivity contribution in [3.8, 4) is 17.0 Å². The summed E-state index contributed by atoms with van der Waals surface area (Å²) < 4.78 is 5.09. The van der Waals surface area contributed by atoms with Crippen LogP contribution in [0.2, 0.25) is 0 Å². The van der Waals surface area contributed by atoms with E-state index in [0.29, 0.717) is 5.56 Å². The first-order valence-electron chi connectivity index (χ1n) is 5.04. The zero-order chi connectivity index (χ0) is 11.5. The van der Waals surface area contributed by atoms with Gasteiger partial charge in [-0.25, -0.2) is 0 Å². The van der Waals surface area contributed by atoms with E-state index in [1.807, 2.05) is 37.3 Å². The third kappa shape index (κ3) is 1.84. The van der Waals surface area contributed by atoms with Gasteiger partial charge < -0.3 is 9.72 Å². The number of aromatic nitrogens is 1. The summed E-state index contributed by atoms with van der Waals surface area (Å²) in [6.07, 6.45) is 0.864. The Labute approximate surface area is 94.1 Å². The van der Waals surface area contributed by atoms with E-state index in [-0.39, 0.29) is 0 Å². The highest BCUT2D eigenvalue weighted by molar-refractivity contribution is 5.86. The highest BCUT2D eigenvalue weighted by Gasteiger charge is 2.07. The van der Waals surface area contributed by atoms with Crippen LogP contribution in [-0.2, 0) is 0 Å². The number of aromatic amines is 1. The van der Waals surface area contributed by atoms with Gasteiger partial charge in [0.05, 0.1) is 12.8 Å². The molecule has 1 N–H and O–H groups in total. The van der Waals surface area contributed by atoms with Crippen molar-refractivity contribution >= 4 is 6.29 Å². The smallest absolute Gasteiger partial charge is 0.152 e. The molecule has 1 heterocycles. The Hall–Kier alpha value is -2.03. The minimum atomic E-state index is 0.683. The molecule has 1 aromatic heterocycles. The van der Waals surface area contributed by atoms with E-state index in [0.717, 1.165) is 29.0 Å². The zero-order valence-corrected chi connectivity index (χ0v) is 9.28. The lowest BCUT2D eigenvalue weighted by Crippen LogP contribution is -1.86. The monoisotopic (exact) mass is 215 g/mol. The molecule has 0 radical (unpaired) electrons. The molecular formula is C13H13NO2. The van der Waals surface area contributed by atoms with Gasteiger partial charge >= 0.3 is 0 Å². The van der Waals surface area contributed by atoms with E-state index in [1.165, 1.54) is 0 Å². The molecule has 0 unspecified atom stereocenters. The number of aldehydes is 1. The minimum Gasteiger partial charge on any atom is -0.497 e. The molecule has 0 bridgehead atoms. The lowest BCUT2D eigenvalue weighted by Gasteiger charge is -2.02. The topological polar surface area (TPSA) is 42.1 Å². The highest BCUT2D eigenvalue weighted by atomic mass is 16.5. The molecule has 0 fully saturated rings. The van der Waals surface area contributed by atoms with Crippen molar-refractivity contribution in [2.45, 2.75) is 6.92 Å². The van der Waals surface area contributed by atoms with Gasteiger partial charge in [0.25, 0.3) is 0 Å². The lowest BCUT2D eigenvalue weighted by molar-refractivity contribution is 0.112. The van der Waals surface area contributed by atoms with Gasteiger partial charge in [0.2, 0.25) is 0 Å². The average molecular weight is 215 g/mol. The maximum atomic E-state index is 10.9. The fourth-order valence-electron chi connectivity index (χ4n) is 1.70. The van der Waals surface area contributed by atoms with Crippen LogP contribution in [-0.4, -0.2) is 18.4 Å². The van der Waals surface area contributed by atoms with E-state index >= 15 is 0 Å². The Morgan fingerprint density at radius 2 is 1.94 bits per heavy atom. The quantitative estimate of drug-likeness (QED) is 0.800. The molecule has 0 amide bonds. The van der Waals surface area contributed by atoms with E-state index < -0.39 is 0 Å². The molecule has 2 aromatic rings. The van der Waals surface area contributed by atoms with Crippen LogP contribution in [0.4, 0.5) is 0 Å². The Kier molecular flexibility index (Phi) is 2.77. The van der Waals surface area contributed by atoms with Gasteiger partial charge in [0.1, 0.15) is 5.75 Å². The number of benzene rings is 1. The molecule has 0 aliphatic heterocycles. The molecule has 0 spiro atoms. The van der Waals surface area contributed by atoms with Crippen LogP contribution < -0.4 is 4.74 Å². The van der Waals surface area contributed by atoms with Crippen molar-refractivity contribution in [2.24, 2.45) is 0 Å². The predicted octanol–water partition coefficient (Wildman–Crippen LogP) is 2.81. The second-order valence-electron chi connectivity index (χ2n) is 3.63. The van der Waals surface area contributed by atoms with E-state index in [1.54, 1.807) is 7.11 Å². The number of H-pyrrole nitrogens is 1. The number of methoxy groups -OCH3 is 1. The van der Waals surface area contributed by atoms with Crippen molar-refractivity contribution in [3.05, 3.63) is 41.6 Å². The van der Waals surface area contributed by atoms with Gasteiger partial charge in [-0.1, -0.05) is 0 Å². The zero-order valence-electron chi connectivity index (χ0n) is 9.28. The number of aryl methyl sites for hydroxylation is 1. The number of carbonyl (C=O) groups is 1. The summed E-state index contributed by atoms with van der Waals surface area (Å²) in [4.78, 5) is 14.1. The van der Waals surface area contributed by atoms with Crippen LogP contribution in [0.1, 0.15) is 16.1 Å². The summed E-state index contributed by atoms with van der Waals surface area (Å²) in [5.74, 6) is 0.805. The largest absolute Gasteiger partial charge is 0.497 e. The van der Waals surface area contributed by atoms with Crippen molar-refractivity contribution < 1.29 is 9.53 Å². The molecule has 3 heteroatoms. The normalized spacial score (nSPS) is 10.1. The Morgan fingerprint density at radius 1 is 1.25 bits per heavy atom. The molecule has 0 aliphatic carbocycles. The van der Waals surface area contributed by atoms with E-state index in [2.05, 4.69) is 4.98 Å². The van der Waals surface area contributed by atoms with E-state index in [4.69, 9.17) is 4.74 Å². The van der Waals surface area contributed by atoms with Crippen LogP contribution in [0.15, 0.2) is 30.3 Å². The van der Waals surface area contributed by atoms with Crippen LogP contribution >= 0.6 is 0 Å². The molecule has 0 atom stereocenters. The molecular weight excluding hydrogens is 202 g/mol. The number of hydrogen-bond donors (Lipinski definition) is 1. The van der Waals surface area contributed by atoms with Gasteiger partial charge in [0.15, 0.2) is 6.29 Å². The fraction of sp³-hybridized carbons (Fsp3) is 0.154. The van der Waals surface area contributed by atoms with E-state index in [9.17, 15) is 4.79 Å². The van der Waals surface area contributed by atoms with Gasteiger partial charge in [-0.2, -0.15) is 0 Å². The number of nitrogens with one attached hydrogen (secondary N) is 1. The SMILES string of the molecule is COc1ccc(-c2[nH]c(C)cc2C=O)cc1. The van der Waals surface area contributed by atoms with Gasteiger partial charge in [-0.3, -0.25) is 4.79 Å². The first kappa shape index (κ1) is 10.5. The van der Waals surface area contributed by atoms with Crippen LogP contribution in [0.25, 0.3) is 11.3 Å². The molecule has 0 saturated carbocycles. The maximum Gasteiger partial charge on any atom is 0.152 e. The van der Waals surface area contributed by atoms with Gasteiger partial charge in [-0.05, 0) is 42.8 Å². The molecule has 16 heavy (non-hydrogen) atoms. The summed E-state index contributed by atoms with van der Waals surface area (Å²) in [7, 11) is 1.63. The highest BCUT2D eigenvalue weighted by Crippen LogP contribution is 2.24. The molecule has 0 saturated heterocycles. The van der Waals surface area contributed by atoms with Crippen molar-refractivity contribution in [1.82, 2.24) is 4.98 Å². The molecule has 0 aliphatic rings. The third-order valence-corrected chi connectivity index (χ3v) is 2.49. The molecule has 82 valence electrons. The van der Waals surface area contributed by atoms with Gasteiger partial charge in [0, 0.05) is 11.3 Å². The van der Waals surface area contributed by atoms with Crippen LogP contribution in [0.3, 0.4) is 0 Å². The van der Waals surface area contributed by atoms with Crippen LogP contribution in [0, 0.1) is 6.92 Å². The Bertz CT molecular complexity index is 497. The number of rotatable bonds is 3. The number of carbonyl (C=O) groups excluding carboxylic acids is 1. The second-order valence-corrected chi connectivity index (χ2v) is 3.63. The van der Waals surface area contributed by atoms with Gasteiger partial charge in [-0.15, -0.1) is 0 Å². The maximum absolute atomic E-state index is 10.9. The van der Waals surface area contributed by atoms with Crippen molar-refractivity contribution in [1.29, 1.82) is 0 Å². The summed E-state index contributed by atoms with van der Waals surface area (Å²) in [5, 5.41) is 0. The first-order chi connectivity index (χ1) is 7.74. The number of ether oxygens (including phenoxy) is 1. The predicted molar refractivity (Wildman–Crippen MR) is 62.9 cm³/mol. The van der Waals surface area contributed by atoms with Crippen molar-refractivity contribution in [2.75, 3.05) is 7.11 Å². The second kappa shape index (κ2) is 4.23. The minimum absolute atomic E-state index is 0.683. The number of hydrogen-bond acceptors (Lipinski definition) is 2. The average Bonchev–Trinajstić information content (AvgIpc) is 2.70. The Morgan fingerprint density at radius 3 is 2.50 bits per heavy atom. The summed E-state index contributed by atoms with van der Waals surface area (Å²) >= 11 is 0. The van der Waals surface area contributed by atoms with Crippen molar-refractivity contribution in [3.63, 3.8) is 0 Å². The molecule has 2 rings (SSSR count). The summed E-state index contributed by atoms with van der Waals surface area (Å²) in [5.41, 5.74) is 3.50. The van der Waals surface area contributed by atoms with Crippen LogP contribution in [0.5, 0.6) is 5.75 Å². The first-order valence-corrected chi connectivity index (χ1v) is 5.04. The standard InChI is InChI=1S/C13H13NO2/c1-9-7-11(8-15)13(14-9)10-3-5-12(16-2)6-4-10/h3-8,14H,1-2H3.